The SMILES string of the molecule is NC(=O)/C(=C/c1ccnc(-c2cc(C(F)(F)F)cc(C(F)(F)F)c2)n1)c1ccc(F)cc1F. The quantitative estimate of drug-likeness (QED) is 0.403. The summed E-state index contributed by atoms with van der Waals surface area (Å²) in [6, 6.07) is 4.29. The van der Waals surface area contributed by atoms with Crippen molar-refractivity contribution in [3.8, 4) is 11.4 Å². The minimum atomic E-state index is -5.08. The van der Waals surface area contributed by atoms with Gasteiger partial charge in [-0.25, -0.2) is 18.7 Å². The Morgan fingerprint density at radius 3 is 2.00 bits per heavy atom. The number of hydrogen-bond acceptors (Lipinski definition) is 3. The molecule has 0 radical (unpaired) electrons. The van der Waals surface area contributed by atoms with Gasteiger partial charge in [0, 0.05) is 23.4 Å². The van der Waals surface area contributed by atoms with E-state index in [4.69, 9.17) is 5.73 Å². The fourth-order valence-corrected chi connectivity index (χ4v) is 2.81. The second-order valence-corrected chi connectivity index (χ2v) is 6.65. The number of benzene rings is 2. The molecule has 33 heavy (non-hydrogen) atoms. The molecule has 0 aliphatic heterocycles. The summed E-state index contributed by atoms with van der Waals surface area (Å²) in [4.78, 5) is 19.4. The molecule has 12 heteroatoms. The number of carbonyl (C=O) groups excluding carboxylic acids is 1. The van der Waals surface area contributed by atoms with E-state index in [9.17, 15) is 39.9 Å². The highest BCUT2D eigenvalue weighted by Gasteiger charge is 2.37. The number of aromatic nitrogens is 2. The number of hydrogen-bond donors (Lipinski definition) is 1. The average Bonchev–Trinajstić information content (AvgIpc) is 2.71. The van der Waals surface area contributed by atoms with Crippen LogP contribution in [0.2, 0.25) is 0 Å². The van der Waals surface area contributed by atoms with Crippen LogP contribution in [0.3, 0.4) is 0 Å². The highest BCUT2D eigenvalue weighted by atomic mass is 19.4. The minimum absolute atomic E-state index is 0.0459. The minimum Gasteiger partial charge on any atom is -0.366 e. The molecule has 0 bridgehead atoms. The standard InChI is InChI=1S/C21H11F8N3O/c22-13-1-2-15(17(23)8-13)16(18(30)33)9-14-3-4-31-19(32-14)10-5-11(20(24,25)26)7-12(6-10)21(27,28)29/h1-9H,(H2,30,33)/b16-9+. The predicted molar refractivity (Wildman–Crippen MR) is 101 cm³/mol. The lowest BCUT2D eigenvalue weighted by molar-refractivity contribution is -0.143. The summed E-state index contributed by atoms with van der Waals surface area (Å²) < 4.78 is 106. The van der Waals surface area contributed by atoms with Gasteiger partial charge in [0.25, 0.3) is 0 Å². The van der Waals surface area contributed by atoms with Crippen LogP contribution in [-0.4, -0.2) is 15.9 Å². The zero-order valence-electron chi connectivity index (χ0n) is 16.1. The Bertz CT molecular complexity index is 1220. The van der Waals surface area contributed by atoms with E-state index in [1.165, 1.54) is 0 Å². The van der Waals surface area contributed by atoms with Gasteiger partial charge in [0.15, 0.2) is 5.82 Å². The zero-order valence-corrected chi connectivity index (χ0v) is 16.1. The molecule has 0 saturated heterocycles. The van der Waals surface area contributed by atoms with Crippen molar-refractivity contribution in [1.82, 2.24) is 9.97 Å². The van der Waals surface area contributed by atoms with Crippen molar-refractivity contribution < 1.29 is 39.9 Å². The Balaban J connectivity index is 2.14. The first-order valence-electron chi connectivity index (χ1n) is 8.85. The third-order valence-electron chi connectivity index (χ3n) is 4.30. The number of amides is 1. The highest BCUT2D eigenvalue weighted by molar-refractivity contribution is 6.23. The Kier molecular flexibility index (Phi) is 6.21. The molecule has 1 amide bonds. The van der Waals surface area contributed by atoms with Gasteiger partial charge in [-0.3, -0.25) is 4.79 Å². The van der Waals surface area contributed by atoms with Crippen LogP contribution < -0.4 is 5.73 Å². The average molecular weight is 473 g/mol. The summed E-state index contributed by atoms with van der Waals surface area (Å²) in [7, 11) is 0. The normalized spacial score (nSPS) is 12.7. The van der Waals surface area contributed by atoms with Crippen LogP contribution in [-0.2, 0) is 17.1 Å². The van der Waals surface area contributed by atoms with E-state index in [2.05, 4.69) is 9.97 Å². The number of carbonyl (C=O) groups is 1. The van der Waals surface area contributed by atoms with E-state index in [0.29, 0.717) is 18.2 Å². The van der Waals surface area contributed by atoms with Gasteiger partial charge in [-0.2, -0.15) is 26.3 Å². The van der Waals surface area contributed by atoms with Crippen molar-refractivity contribution in [3.05, 3.63) is 82.7 Å². The molecule has 3 rings (SSSR count). The summed E-state index contributed by atoms with van der Waals surface area (Å²) in [5.74, 6) is -3.71. The topological polar surface area (TPSA) is 68.9 Å². The van der Waals surface area contributed by atoms with Gasteiger partial charge in [-0.1, -0.05) is 0 Å². The number of nitrogens with zero attached hydrogens (tertiary/aromatic N) is 2. The van der Waals surface area contributed by atoms with E-state index in [1.54, 1.807) is 0 Å². The van der Waals surface area contributed by atoms with Crippen LogP contribution >= 0.6 is 0 Å². The number of primary amides is 1. The molecule has 3 aromatic rings. The molecule has 1 aromatic heterocycles. The van der Waals surface area contributed by atoms with Gasteiger partial charge in [-0.15, -0.1) is 0 Å². The Morgan fingerprint density at radius 1 is 0.879 bits per heavy atom. The molecule has 0 unspecified atom stereocenters. The molecular weight excluding hydrogens is 462 g/mol. The van der Waals surface area contributed by atoms with Crippen LogP contribution in [0.25, 0.3) is 23.0 Å². The van der Waals surface area contributed by atoms with E-state index >= 15 is 0 Å². The molecule has 4 nitrogen and oxygen atoms in total. The molecule has 0 spiro atoms. The van der Waals surface area contributed by atoms with Gasteiger partial charge in [-0.05, 0) is 42.5 Å². The first-order valence-corrected chi connectivity index (χ1v) is 8.85. The lowest BCUT2D eigenvalue weighted by Gasteiger charge is -2.14. The summed E-state index contributed by atoms with van der Waals surface area (Å²) in [5, 5.41) is 0. The lowest BCUT2D eigenvalue weighted by Crippen LogP contribution is -2.14. The fraction of sp³-hybridized carbons (Fsp3) is 0.0952. The van der Waals surface area contributed by atoms with Gasteiger partial charge in [0.05, 0.1) is 22.4 Å². The number of rotatable bonds is 4. The number of halogens is 8. The molecule has 1 heterocycles. The molecule has 0 aliphatic rings. The monoisotopic (exact) mass is 473 g/mol. The van der Waals surface area contributed by atoms with Gasteiger partial charge >= 0.3 is 12.4 Å². The number of nitrogens with two attached hydrogens (primary N) is 1. The smallest absolute Gasteiger partial charge is 0.366 e. The molecular formula is C21H11F8N3O. The van der Waals surface area contributed by atoms with E-state index in [-0.39, 0.29) is 17.3 Å². The first kappa shape index (κ1) is 23.8. The molecule has 2 aromatic carbocycles. The zero-order chi connectivity index (χ0) is 24.6. The van der Waals surface area contributed by atoms with Crippen molar-refractivity contribution in [1.29, 1.82) is 0 Å². The summed E-state index contributed by atoms with van der Waals surface area (Å²) in [6.45, 7) is 0. The summed E-state index contributed by atoms with van der Waals surface area (Å²) in [5.41, 5.74) is 0.493. The second-order valence-electron chi connectivity index (χ2n) is 6.65. The lowest BCUT2D eigenvalue weighted by atomic mass is 10.0. The van der Waals surface area contributed by atoms with Gasteiger partial charge in [0.1, 0.15) is 11.6 Å². The van der Waals surface area contributed by atoms with Crippen molar-refractivity contribution in [2.45, 2.75) is 12.4 Å². The Labute approximate surface area is 180 Å². The van der Waals surface area contributed by atoms with Crippen LogP contribution in [0.15, 0.2) is 48.7 Å². The molecule has 0 aliphatic carbocycles. The third-order valence-corrected chi connectivity index (χ3v) is 4.30. The summed E-state index contributed by atoms with van der Waals surface area (Å²) in [6.07, 6.45) is -8.19. The first-order chi connectivity index (χ1) is 15.3. The molecule has 2 N–H and O–H groups in total. The van der Waals surface area contributed by atoms with Crippen molar-refractivity contribution in [2.75, 3.05) is 0 Å². The highest BCUT2D eigenvalue weighted by Crippen LogP contribution is 2.38. The maximum atomic E-state index is 14.1. The van der Waals surface area contributed by atoms with E-state index in [0.717, 1.165) is 30.5 Å². The fourth-order valence-electron chi connectivity index (χ4n) is 2.81. The van der Waals surface area contributed by atoms with Crippen LogP contribution in [0.4, 0.5) is 35.1 Å². The second kappa shape index (κ2) is 8.60. The van der Waals surface area contributed by atoms with E-state index in [1.807, 2.05) is 0 Å². The summed E-state index contributed by atoms with van der Waals surface area (Å²) >= 11 is 0. The van der Waals surface area contributed by atoms with Crippen molar-refractivity contribution in [3.63, 3.8) is 0 Å². The van der Waals surface area contributed by atoms with Gasteiger partial charge < -0.3 is 5.73 Å². The predicted octanol–water partition coefficient (Wildman–Crippen LogP) is 5.49. The van der Waals surface area contributed by atoms with E-state index < -0.39 is 58.0 Å². The Hall–Kier alpha value is -3.83. The van der Waals surface area contributed by atoms with Crippen molar-refractivity contribution >= 4 is 17.6 Å². The molecule has 172 valence electrons. The molecule has 0 atom stereocenters. The van der Waals surface area contributed by atoms with Crippen LogP contribution in [0.1, 0.15) is 22.4 Å². The maximum Gasteiger partial charge on any atom is 0.416 e. The third kappa shape index (κ3) is 5.51. The molecule has 0 saturated carbocycles. The largest absolute Gasteiger partial charge is 0.416 e. The van der Waals surface area contributed by atoms with Gasteiger partial charge in [0.2, 0.25) is 5.91 Å². The van der Waals surface area contributed by atoms with Crippen LogP contribution in [0, 0.1) is 11.6 Å². The van der Waals surface area contributed by atoms with Crippen LogP contribution in [0.5, 0.6) is 0 Å². The number of alkyl halides is 6. The van der Waals surface area contributed by atoms with Crippen molar-refractivity contribution in [2.24, 2.45) is 5.73 Å². The molecule has 0 fully saturated rings. The maximum absolute atomic E-state index is 14.1. The Morgan fingerprint density at radius 2 is 1.48 bits per heavy atom.